The summed E-state index contributed by atoms with van der Waals surface area (Å²) in [4.78, 5) is 12.9. The molecule has 0 aromatic carbocycles. The van der Waals surface area contributed by atoms with Gasteiger partial charge in [0.05, 0.1) is 19.8 Å². The van der Waals surface area contributed by atoms with E-state index in [0.29, 0.717) is 13.0 Å². The summed E-state index contributed by atoms with van der Waals surface area (Å²) < 4.78 is 59.4. The van der Waals surface area contributed by atoms with Crippen molar-refractivity contribution in [3.8, 4) is 0 Å². The van der Waals surface area contributed by atoms with E-state index in [2.05, 4.69) is 54.5 Å². The zero-order chi connectivity index (χ0) is 51.0. The first kappa shape index (κ1) is 66.3. The van der Waals surface area contributed by atoms with Crippen molar-refractivity contribution in [2.45, 2.75) is 295 Å². The quantitative estimate of drug-likeness (QED) is 0.0196. The van der Waals surface area contributed by atoms with E-state index in [4.69, 9.17) is 18.9 Å². The summed E-state index contributed by atoms with van der Waals surface area (Å²) in [5.41, 5.74) is 0. The molecule has 0 bridgehead atoms. The number of carbonyl (C=O) groups is 1. The van der Waals surface area contributed by atoms with E-state index in [1.807, 2.05) is 0 Å². The van der Waals surface area contributed by atoms with Gasteiger partial charge in [-0.2, -0.15) is 8.42 Å². The van der Waals surface area contributed by atoms with Crippen LogP contribution in [0.5, 0.6) is 0 Å². The summed E-state index contributed by atoms with van der Waals surface area (Å²) >= 11 is 0. The molecule has 0 spiro atoms. The number of hydrogen-bond donors (Lipinski definition) is 4. The van der Waals surface area contributed by atoms with Gasteiger partial charge in [0.15, 0.2) is 6.29 Å². The second-order valence-corrected chi connectivity index (χ2v) is 20.9. The van der Waals surface area contributed by atoms with Gasteiger partial charge in [-0.25, -0.2) is 4.18 Å². The molecule has 12 nitrogen and oxygen atoms in total. The standard InChI is InChI=1S/C57H106O12S/c1-3-5-7-9-11-13-15-17-19-21-23-24-25-26-27-29-31-33-35-37-39-41-43-45-47-65-49-51(50-66-57-55(61)56(69-70(62,63)64)54(60)52(48-58)68-57)67-53(59)46-44-42-40-38-36-34-32-30-28-22-20-18-16-14-12-10-8-6-4-2/h15,17-18,20-21,23,51-52,54-58,60-61H,3-14,16,19,22,24-50H2,1-2H3,(H,62,63,64)/b17-15-,20-18-,23-21-. The normalized spacial score (nSPS) is 19.3. The number of unbranched alkanes of at least 4 members (excludes halogenated alkanes) is 32. The molecule has 1 heterocycles. The predicted molar refractivity (Wildman–Crippen MR) is 285 cm³/mol. The average Bonchev–Trinajstić information content (AvgIpc) is 3.34. The van der Waals surface area contributed by atoms with Gasteiger partial charge in [0.25, 0.3) is 0 Å². The number of aliphatic hydroxyl groups excluding tert-OH is 3. The maximum Gasteiger partial charge on any atom is 0.397 e. The van der Waals surface area contributed by atoms with Crippen molar-refractivity contribution in [3.63, 3.8) is 0 Å². The summed E-state index contributed by atoms with van der Waals surface area (Å²) in [5.74, 6) is -0.398. The van der Waals surface area contributed by atoms with Crippen LogP contribution in [0.15, 0.2) is 36.5 Å². The van der Waals surface area contributed by atoms with Crippen LogP contribution in [-0.2, 0) is 38.3 Å². The molecule has 1 fully saturated rings. The van der Waals surface area contributed by atoms with Crippen LogP contribution >= 0.6 is 0 Å². The van der Waals surface area contributed by atoms with Crippen molar-refractivity contribution < 1.29 is 56.2 Å². The molecule has 1 aliphatic rings. The molecule has 0 radical (unpaired) electrons. The monoisotopic (exact) mass is 1010 g/mol. The number of aliphatic hydroxyl groups is 3. The molecule has 412 valence electrons. The third kappa shape index (κ3) is 40.8. The molecule has 1 aliphatic heterocycles. The molecular weight excluding hydrogens is 909 g/mol. The Hall–Kier alpha value is -1.68. The van der Waals surface area contributed by atoms with Gasteiger partial charge in [0, 0.05) is 13.0 Å². The van der Waals surface area contributed by atoms with Crippen molar-refractivity contribution in [2.75, 3.05) is 26.4 Å². The summed E-state index contributed by atoms with van der Waals surface area (Å²) in [6, 6.07) is 0. The fourth-order valence-electron chi connectivity index (χ4n) is 8.88. The molecule has 0 saturated carbocycles. The van der Waals surface area contributed by atoms with Crippen LogP contribution in [0, 0.1) is 0 Å². The SMILES string of the molecule is CCCCCCC/C=C\C/C=C\CCCCCCCCCCCCCCOCC(COC1OC(CO)C(O)C(OS(=O)(=O)O)C1O)OC(=O)CCCCCCCCCCC/C=C\CCCCCCCC. The Morgan fingerprint density at radius 3 is 1.37 bits per heavy atom. The molecular formula is C57H106O12S. The zero-order valence-corrected chi connectivity index (χ0v) is 45.4. The molecule has 0 amide bonds. The number of hydrogen-bond acceptors (Lipinski definition) is 11. The van der Waals surface area contributed by atoms with Crippen molar-refractivity contribution >= 4 is 16.4 Å². The molecule has 4 N–H and O–H groups in total. The zero-order valence-electron chi connectivity index (χ0n) is 44.6. The summed E-state index contributed by atoms with van der Waals surface area (Å²) in [7, 11) is -5.07. The number of rotatable bonds is 51. The van der Waals surface area contributed by atoms with Crippen LogP contribution in [0.2, 0.25) is 0 Å². The highest BCUT2D eigenvalue weighted by molar-refractivity contribution is 7.80. The van der Waals surface area contributed by atoms with E-state index >= 15 is 0 Å². The van der Waals surface area contributed by atoms with E-state index in [-0.39, 0.29) is 19.6 Å². The summed E-state index contributed by atoms with van der Waals surface area (Å²) in [6.45, 7) is 4.02. The van der Waals surface area contributed by atoms with E-state index in [1.165, 1.54) is 186 Å². The van der Waals surface area contributed by atoms with Gasteiger partial charge in [-0.1, -0.05) is 217 Å². The number of allylic oxidation sites excluding steroid dienone is 6. The fourth-order valence-corrected chi connectivity index (χ4v) is 9.39. The molecule has 0 aromatic heterocycles. The summed E-state index contributed by atoms with van der Waals surface area (Å²) in [5, 5.41) is 30.8. The average molecular weight is 1020 g/mol. The van der Waals surface area contributed by atoms with Gasteiger partial charge in [-0.15, -0.1) is 0 Å². The Morgan fingerprint density at radius 2 is 0.943 bits per heavy atom. The minimum atomic E-state index is -5.07. The fraction of sp³-hybridized carbons (Fsp3) is 0.877. The highest BCUT2D eigenvalue weighted by Gasteiger charge is 2.48. The predicted octanol–water partition coefficient (Wildman–Crippen LogP) is 14.1. The van der Waals surface area contributed by atoms with Gasteiger partial charge in [0.2, 0.25) is 0 Å². The maximum absolute atomic E-state index is 12.9. The molecule has 1 rings (SSSR count). The number of esters is 1. The first-order valence-corrected chi connectivity index (χ1v) is 30.1. The van der Waals surface area contributed by atoms with Gasteiger partial charge >= 0.3 is 16.4 Å². The van der Waals surface area contributed by atoms with Crippen LogP contribution < -0.4 is 0 Å². The Bertz CT molecular complexity index is 1360. The highest BCUT2D eigenvalue weighted by atomic mass is 32.3. The molecule has 0 aliphatic carbocycles. The Labute approximate surface area is 428 Å². The first-order valence-electron chi connectivity index (χ1n) is 28.7. The van der Waals surface area contributed by atoms with Crippen molar-refractivity contribution in [2.24, 2.45) is 0 Å². The molecule has 0 aromatic rings. The topological polar surface area (TPSA) is 178 Å². The lowest BCUT2D eigenvalue weighted by Gasteiger charge is -2.41. The lowest BCUT2D eigenvalue weighted by molar-refractivity contribution is -0.301. The van der Waals surface area contributed by atoms with Gasteiger partial charge in [0.1, 0.15) is 30.5 Å². The summed E-state index contributed by atoms with van der Waals surface area (Å²) in [6.07, 6.45) is 50.3. The third-order valence-corrected chi connectivity index (χ3v) is 13.7. The number of carbonyl (C=O) groups excluding carboxylic acids is 1. The lowest BCUT2D eigenvalue weighted by atomic mass is 9.99. The molecule has 13 heteroatoms. The second-order valence-electron chi connectivity index (χ2n) is 19.9. The van der Waals surface area contributed by atoms with Gasteiger partial charge in [-0.3, -0.25) is 9.35 Å². The minimum absolute atomic E-state index is 0.0364. The van der Waals surface area contributed by atoms with Crippen LogP contribution in [0.3, 0.4) is 0 Å². The van der Waals surface area contributed by atoms with Crippen LogP contribution in [0.4, 0.5) is 0 Å². The second kappa shape index (κ2) is 48.3. The Morgan fingerprint density at radius 1 is 0.543 bits per heavy atom. The smallest absolute Gasteiger partial charge is 0.397 e. The van der Waals surface area contributed by atoms with E-state index in [0.717, 1.165) is 44.9 Å². The molecule has 6 unspecified atom stereocenters. The molecule has 6 atom stereocenters. The van der Waals surface area contributed by atoms with Gasteiger partial charge < -0.3 is 34.3 Å². The first-order chi connectivity index (χ1) is 34.1. The molecule has 1 saturated heterocycles. The van der Waals surface area contributed by atoms with E-state index in [9.17, 15) is 33.1 Å². The Kier molecular flexibility index (Phi) is 45.7. The van der Waals surface area contributed by atoms with Crippen LogP contribution in [0.25, 0.3) is 0 Å². The van der Waals surface area contributed by atoms with Crippen LogP contribution in [0.1, 0.15) is 258 Å². The van der Waals surface area contributed by atoms with Crippen molar-refractivity contribution in [1.29, 1.82) is 0 Å². The Balaban J connectivity index is 2.29. The van der Waals surface area contributed by atoms with E-state index in [1.54, 1.807) is 0 Å². The van der Waals surface area contributed by atoms with Crippen molar-refractivity contribution in [3.05, 3.63) is 36.5 Å². The van der Waals surface area contributed by atoms with Crippen molar-refractivity contribution in [1.82, 2.24) is 0 Å². The minimum Gasteiger partial charge on any atom is -0.457 e. The lowest BCUT2D eigenvalue weighted by Crippen LogP contribution is -2.60. The third-order valence-electron chi connectivity index (χ3n) is 13.2. The maximum atomic E-state index is 12.9. The van der Waals surface area contributed by atoms with Crippen LogP contribution in [-0.4, -0.2) is 97.5 Å². The number of ether oxygens (including phenoxy) is 4. The van der Waals surface area contributed by atoms with E-state index < -0.39 is 59.8 Å². The van der Waals surface area contributed by atoms with Gasteiger partial charge in [-0.05, 0) is 70.6 Å². The largest absolute Gasteiger partial charge is 0.457 e. The molecule has 70 heavy (non-hydrogen) atoms. The highest BCUT2D eigenvalue weighted by Crippen LogP contribution is 2.26.